The lowest BCUT2D eigenvalue weighted by atomic mass is 10.3. The maximum Gasteiger partial charge on any atom is 0.191 e. The Hall–Kier alpha value is -0.850. The monoisotopic (exact) mass is 315 g/mol. The lowest BCUT2D eigenvalue weighted by Crippen LogP contribution is -2.38. The molecule has 0 saturated carbocycles. The molecule has 6 heteroatoms. The second kappa shape index (κ2) is 13.8. The third-order valence-electron chi connectivity index (χ3n) is 3.37. The van der Waals surface area contributed by atoms with Crippen LogP contribution in [0.4, 0.5) is 0 Å². The van der Waals surface area contributed by atoms with Gasteiger partial charge in [-0.2, -0.15) is 0 Å². The van der Waals surface area contributed by atoms with Crippen molar-refractivity contribution in [2.75, 3.05) is 52.7 Å². The first kappa shape index (κ1) is 19.2. The van der Waals surface area contributed by atoms with Crippen molar-refractivity contribution in [2.45, 2.75) is 45.6 Å². The molecule has 130 valence electrons. The molecule has 1 aliphatic heterocycles. The topological polar surface area (TPSA) is 64.1 Å². The Bertz CT molecular complexity index is 282. The fraction of sp³-hybridized carbons (Fsp3) is 0.938. The number of ether oxygens (including phenoxy) is 3. The minimum Gasteiger partial charge on any atom is -0.382 e. The zero-order valence-corrected chi connectivity index (χ0v) is 14.2. The summed E-state index contributed by atoms with van der Waals surface area (Å²) >= 11 is 0. The Kier molecular flexibility index (Phi) is 12.0. The molecule has 0 aromatic rings. The van der Waals surface area contributed by atoms with Crippen molar-refractivity contribution in [1.82, 2.24) is 10.6 Å². The minimum absolute atomic E-state index is 0.292. The van der Waals surface area contributed by atoms with Gasteiger partial charge in [-0.05, 0) is 39.5 Å². The van der Waals surface area contributed by atoms with Crippen molar-refractivity contribution in [2.24, 2.45) is 4.99 Å². The smallest absolute Gasteiger partial charge is 0.191 e. The molecule has 0 bridgehead atoms. The van der Waals surface area contributed by atoms with Gasteiger partial charge in [-0.3, -0.25) is 4.99 Å². The van der Waals surface area contributed by atoms with Crippen molar-refractivity contribution in [3.8, 4) is 0 Å². The van der Waals surface area contributed by atoms with E-state index in [-0.39, 0.29) is 0 Å². The Balaban J connectivity index is 2.04. The number of rotatable bonds is 12. The number of nitrogens with one attached hydrogen (secondary N) is 2. The van der Waals surface area contributed by atoms with E-state index in [1.54, 1.807) is 0 Å². The first-order chi connectivity index (χ1) is 10.9. The highest BCUT2D eigenvalue weighted by Gasteiger charge is 2.15. The lowest BCUT2D eigenvalue weighted by molar-refractivity contribution is 0.0424. The molecule has 1 heterocycles. The number of hydrogen-bond donors (Lipinski definition) is 2. The van der Waals surface area contributed by atoms with Crippen LogP contribution in [0, 0.1) is 0 Å². The van der Waals surface area contributed by atoms with Gasteiger partial charge in [-0.25, -0.2) is 0 Å². The molecule has 22 heavy (non-hydrogen) atoms. The third kappa shape index (κ3) is 9.97. The second-order valence-electron chi connectivity index (χ2n) is 5.30. The number of aliphatic imine (C=N–C) groups is 1. The molecule has 1 fully saturated rings. The van der Waals surface area contributed by atoms with E-state index in [1.807, 2.05) is 6.92 Å². The molecule has 0 amide bonds. The highest BCUT2D eigenvalue weighted by molar-refractivity contribution is 5.79. The molecule has 1 unspecified atom stereocenters. The Morgan fingerprint density at radius 1 is 1.18 bits per heavy atom. The maximum absolute atomic E-state index is 5.73. The van der Waals surface area contributed by atoms with Crippen LogP contribution in [0.25, 0.3) is 0 Å². The van der Waals surface area contributed by atoms with E-state index < -0.39 is 0 Å². The molecule has 1 atom stereocenters. The predicted octanol–water partition coefficient (Wildman–Crippen LogP) is 1.55. The van der Waals surface area contributed by atoms with Crippen LogP contribution < -0.4 is 10.6 Å². The summed E-state index contributed by atoms with van der Waals surface area (Å²) in [5, 5.41) is 6.62. The SMILES string of the molecule is CCNC(=NCCCOC1CCOC1)NCCCCOCC. The summed E-state index contributed by atoms with van der Waals surface area (Å²) in [4.78, 5) is 4.56. The molecule has 0 aliphatic carbocycles. The van der Waals surface area contributed by atoms with E-state index in [0.717, 1.165) is 84.3 Å². The number of unbranched alkanes of at least 4 members (excludes halogenated alkanes) is 1. The first-order valence-electron chi connectivity index (χ1n) is 8.66. The van der Waals surface area contributed by atoms with E-state index in [9.17, 15) is 0 Å². The summed E-state index contributed by atoms with van der Waals surface area (Å²) in [6.45, 7) is 10.7. The highest BCUT2D eigenvalue weighted by Crippen LogP contribution is 2.08. The standard InChI is InChI=1S/C16H33N3O3/c1-3-17-16(18-9-5-6-11-20-4-2)19-10-7-12-22-15-8-13-21-14-15/h15H,3-14H2,1-2H3,(H2,17,18,19). The first-order valence-corrected chi connectivity index (χ1v) is 8.66. The van der Waals surface area contributed by atoms with Gasteiger partial charge in [0.25, 0.3) is 0 Å². The Morgan fingerprint density at radius 2 is 2.09 bits per heavy atom. The summed E-state index contributed by atoms with van der Waals surface area (Å²) in [6.07, 6.45) is 4.43. The molecule has 0 aromatic heterocycles. The van der Waals surface area contributed by atoms with Crippen LogP contribution in [0.2, 0.25) is 0 Å². The summed E-state index contributed by atoms with van der Waals surface area (Å²) in [7, 11) is 0. The fourth-order valence-electron chi connectivity index (χ4n) is 2.17. The molecule has 1 saturated heterocycles. The quantitative estimate of drug-likeness (QED) is 0.325. The third-order valence-corrected chi connectivity index (χ3v) is 3.37. The summed E-state index contributed by atoms with van der Waals surface area (Å²) in [6, 6.07) is 0. The highest BCUT2D eigenvalue weighted by atomic mass is 16.5. The zero-order valence-electron chi connectivity index (χ0n) is 14.2. The molecule has 6 nitrogen and oxygen atoms in total. The molecular weight excluding hydrogens is 282 g/mol. The number of nitrogens with zero attached hydrogens (tertiary/aromatic N) is 1. The molecule has 0 spiro atoms. The Morgan fingerprint density at radius 3 is 2.82 bits per heavy atom. The number of guanidine groups is 1. The Labute approximate surface area is 135 Å². The van der Waals surface area contributed by atoms with Gasteiger partial charge in [0, 0.05) is 46.1 Å². The molecule has 0 aromatic carbocycles. The van der Waals surface area contributed by atoms with Crippen LogP contribution in [-0.4, -0.2) is 64.7 Å². The van der Waals surface area contributed by atoms with Crippen LogP contribution in [0.15, 0.2) is 4.99 Å². The van der Waals surface area contributed by atoms with E-state index >= 15 is 0 Å². The zero-order chi connectivity index (χ0) is 15.9. The van der Waals surface area contributed by atoms with Gasteiger partial charge in [0.15, 0.2) is 5.96 Å². The average Bonchev–Trinajstić information content (AvgIpc) is 3.03. The van der Waals surface area contributed by atoms with Crippen molar-refractivity contribution < 1.29 is 14.2 Å². The molecular formula is C16H33N3O3. The van der Waals surface area contributed by atoms with E-state index in [2.05, 4.69) is 22.5 Å². The van der Waals surface area contributed by atoms with Gasteiger partial charge in [0.2, 0.25) is 0 Å². The van der Waals surface area contributed by atoms with Gasteiger partial charge in [-0.1, -0.05) is 0 Å². The van der Waals surface area contributed by atoms with Gasteiger partial charge < -0.3 is 24.8 Å². The van der Waals surface area contributed by atoms with Crippen LogP contribution in [0.5, 0.6) is 0 Å². The van der Waals surface area contributed by atoms with Crippen molar-refractivity contribution in [3.05, 3.63) is 0 Å². The molecule has 2 N–H and O–H groups in total. The number of hydrogen-bond acceptors (Lipinski definition) is 4. The summed E-state index contributed by atoms with van der Waals surface area (Å²) in [5.74, 6) is 0.892. The fourth-order valence-corrected chi connectivity index (χ4v) is 2.17. The lowest BCUT2D eigenvalue weighted by Gasteiger charge is -2.12. The van der Waals surface area contributed by atoms with Crippen LogP contribution in [0.3, 0.4) is 0 Å². The van der Waals surface area contributed by atoms with Gasteiger partial charge in [-0.15, -0.1) is 0 Å². The largest absolute Gasteiger partial charge is 0.382 e. The minimum atomic E-state index is 0.292. The normalized spacial score (nSPS) is 18.6. The van der Waals surface area contributed by atoms with Crippen LogP contribution in [0.1, 0.15) is 39.5 Å². The van der Waals surface area contributed by atoms with Gasteiger partial charge in [0.05, 0.1) is 12.7 Å². The molecule has 1 aliphatic rings. The van der Waals surface area contributed by atoms with Crippen LogP contribution in [-0.2, 0) is 14.2 Å². The van der Waals surface area contributed by atoms with Gasteiger partial charge in [0.1, 0.15) is 0 Å². The molecule has 0 radical (unpaired) electrons. The van der Waals surface area contributed by atoms with Gasteiger partial charge >= 0.3 is 0 Å². The summed E-state index contributed by atoms with van der Waals surface area (Å²) in [5.41, 5.74) is 0. The van der Waals surface area contributed by atoms with Crippen molar-refractivity contribution in [1.29, 1.82) is 0 Å². The van der Waals surface area contributed by atoms with Crippen LogP contribution >= 0.6 is 0 Å². The summed E-state index contributed by atoms with van der Waals surface area (Å²) < 4.78 is 16.3. The van der Waals surface area contributed by atoms with E-state index in [4.69, 9.17) is 14.2 Å². The average molecular weight is 315 g/mol. The second-order valence-corrected chi connectivity index (χ2v) is 5.30. The van der Waals surface area contributed by atoms with Crippen molar-refractivity contribution >= 4 is 5.96 Å². The predicted molar refractivity (Wildman–Crippen MR) is 89.5 cm³/mol. The molecule has 1 rings (SSSR count). The maximum atomic E-state index is 5.73. The van der Waals surface area contributed by atoms with E-state index in [1.165, 1.54) is 0 Å². The van der Waals surface area contributed by atoms with Crippen molar-refractivity contribution in [3.63, 3.8) is 0 Å². The van der Waals surface area contributed by atoms with E-state index in [0.29, 0.717) is 6.10 Å².